The monoisotopic (exact) mass is 256 g/mol. The molecule has 90 valence electrons. The molecule has 0 aliphatic carbocycles. The van der Waals surface area contributed by atoms with Crippen LogP contribution in [0.1, 0.15) is 5.56 Å². The van der Waals surface area contributed by atoms with Gasteiger partial charge in [0.15, 0.2) is 0 Å². The number of halogens is 3. The second kappa shape index (κ2) is 4.45. The van der Waals surface area contributed by atoms with Crippen LogP contribution in [-0.2, 0) is 15.3 Å². The van der Waals surface area contributed by atoms with Crippen LogP contribution in [0.5, 0.6) is 5.75 Å². The SMILES string of the molecule is COP(=O)(O)Oc1cccc(C(F)(F)F)c1. The van der Waals surface area contributed by atoms with Gasteiger partial charge in [0, 0.05) is 7.11 Å². The van der Waals surface area contributed by atoms with E-state index >= 15 is 0 Å². The van der Waals surface area contributed by atoms with Crippen molar-refractivity contribution in [3.8, 4) is 5.75 Å². The minimum atomic E-state index is -4.54. The van der Waals surface area contributed by atoms with Gasteiger partial charge >= 0.3 is 14.0 Å². The third kappa shape index (κ3) is 3.52. The zero-order valence-electron chi connectivity index (χ0n) is 8.06. The van der Waals surface area contributed by atoms with E-state index in [-0.39, 0.29) is 5.75 Å². The Morgan fingerprint density at radius 2 is 2.00 bits per heavy atom. The first-order chi connectivity index (χ1) is 7.24. The lowest BCUT2D eigenvalue weighted by molar-refractivity contribution is -0.137. The molecule has 1 N–H and O–H groups in total. The van der Waals surface area contributed by atoms with E-state index in [0.29, 0.717) is 6.07 Å². The average molecular weight is 256 g/mol. The second-order valence-corrected chi connectivity index (χ2v) is 4.25. The minimum Gasteiger partial charge on any atom is -0.404 e. The van der Waals surface area contributed by atoms with Gasteiger partial charge in [0.05, 0.1) is 5.56 Å². The molecule has 0 saturated heterocycles. The van der Waals surface area contributed by atoms with Gasteiger partial charge in [0.25, 0.3) is 0 Å². The molecule has 0 amide bonds. The first-order valence-electron chi connectivity index (χ1n) is 4.00. The van der Waals surface area contributed by atoms with E-state index in [9.17, 15) is 17.7 Å². The normalized spacial score (nSPS) is 15.6. The number of hydrogen-bond acceptors (Lipinski definition) is 3. The topological polar surface area (TPSA) is 55.8 Å². The van der Waals surface area contributed by atoms with E-state index in [2.05, 4.69) is 9.05 Å². The van der Waals surface area contributed by atoms with Crippen LogP contribution in [0.3, 0.4) is 0 Å². The molecule has 0 bridgehead atoms. The maximum Gasteiger partial charge on any atom is 0.527 e. The number of phosphoric ester groups is 1. The molecular weight excluding hydrogens is 248 g/mol. The van der Waals surface area contributed by atoms with Crippen LogP contribution >= 0.6 is 7.82 Å². The number of hydrogen-bond donors (Lipinski definition) is 1. The molecule has 1 atom stereocenters. The number of alkyl halides is 3. The van der Waals surface area contributed by atoms with E-state index in [1.807, 2.05) is 0 Å². The van der Waals surface area contributed by atoms with Crippen molar-refractivity contribution in [1.29, 1.82) is 0 Å². The van der Waals surface area contributed by atoms with E-state index in [4.69, 9.17) is 4.89 Å². The van der Waals surface area contributed by atoms with Crippen molar-refractivity contribution in [2.24, 2.45) is 0 Å². The summed E-state index contributed by atoms with van der Waals surface area (Å²) in [5.74, 6) is -0.387. The highest BCUT2D eigenvalue weighted by Gasteiger charge is 2.31. The molecular formula is C8H8F3O4P. The summed E-state index contributed by atoms with van der Waals surface area (Å²) in [4.78, 5) is 8.90. The predicted octanol–water partition coefficient (Wildman–Crippen LogP) is 2.83. The zero-order chi connectivity index (χ0) is 12.4. The molecule has 4 nitrogen and oxygen atoms in total. The second-order valence-electron chi connectivity index (χ2n) is 2.77. The molecule has 1 unspecified atom stereocenters. The molecule has 0 aliphatic heterocycles. The van der Waals surface area contributed by atoms with Crippen molar-refractivity contribution < 1.29 is 31.7 Å². The van der Waals surface area contributed by atoms with E-state index in [0.717, 1.165) is 25.3 Å². The molecule has 0 heterocycles. The smallest absolute Gasteiger partial charge is 0.404 e. The average Bonchev–Trinajstić information content (AvgIpc) is 2.16. The molecule has 16 heavy (non-hydrogen) atoms. The van der Waals surface area contributed by atoms with Crippen molar-refractivity contribution in [2.45, 2.75) is 6.18 Å². The molecule has 1 rings (SSSR count). The van der Waals surface area contributed by atoms with Gasteiger partial charge in [0.1, 0.15) is 5.75 Å². The highest BCUT2D eigenvalue weighted by atomic mass is 31.2. The van der Waals surface area contributed by atoms with Crippen LogP contribution in [0.4, 0.5) is 13.2 Å². The Morgan fingerprint density at radius 1 is 1.38 bits per heavy atom. The lowest BCUT2D eigenvalue weighted by atomic mass is 10.2. The summed E-state index contributed by atoms with van der Waals surface area (Å²) in [7, 11) is -3.42. The van der Waals surface area contributed by atoms with Crippen molar-refractivity contribution >= 4 is 7.82 Å². The molecule has 0 saturated carbocycles. The Morgan fingerprint density at radius 3 is 2.50 bits per heavy atom. The van der Waals surface area contributed by atoms with E-state index in [1.165, 1.54) is 0 Å². The zero-order valence-corrected chi connectivity index (χ0v) is 8.96. The van der Waals surface area contributed by atoms with Crippen molar-refractivity contribution in [1.82, 2.24) is 0 Å². The van der Waals surface area contributed by atoms with Gasteiger partial charge in [-0.2, -0.15) is 13.2 Å². The summed E-state index contributed by atoms with van der Waals surface area (Å²) in [5.41, 5.74) is -0.971. The Bertz CT molecular complexity index is 418. The first-order valence-corrected chi connectivity index (χ1v) is 5.49. The van der Waals surface area contributed by atoms with Gasteiger partial charge in [-0.3, -0.25) is 9.42 Å². The molecule has 8 heteroatoms. The molecule has 0 radical (unpaired) electrons. The fraction of sp³-hybridized carbons (Fsp3) is 0.250. The van der Waals surface area contributed by atoms with Crippen molar-refractivity contribution in [3.63, 3.8) is 0 Å². The Kier molecular flexibility index (Phi) is 3.62. The minimum absolute atomic E-state index is 0.387. The van der Waals surface area contributed by atoms with Crippen LogP contribution in [0, 0.1) is 0 Å². The van der Waals surface area contributed by atoms with Crippen LogP contribution in [0.15, 0.2) is 24.3 Å². The number of phosphoric acid groups is 1. The van der Waals surface area contributed by atoms with E-state index in [1.54, 1.807) is 0 Å². The predicted molar refractivity (Wildman–Crippen MR) is 48.9 cm³/mol. The van der Waals surface area contributed by atoms with Gasteiger partial charge in [0.2, 0.25) is 0 Å². The van der Waals surface area contributed by atoms with Crippen LogP contribution in [0.2, 0.25) is 0 Å². The quantitative estimate of drug-likeness (QED) is 0.845. The summed E-state index contributed by atoms with van der Waals surface area (Å²) < 4.78 is 56.2. The third-order valence-corrected chi connectivity index (χ3v) is 2.52. The summed E-state index contributed by atoms with van der Waals surface area (Å²) >= 11 is 0. The maximum atomic E-state index is 12.3. The van der Waals surface area contributed by atoms with Crippen LogP contribution in [-0.4, -0.2) is 12.0 Å². The van der Waals surface area contributed by atoms with Gasteiger partial charge in [-0.15, -0.1) is 0 Å². The Labute approximate surface area is 89.2 Å². The molecule has 0 aliphatic rings. The summed E-state index contributed by atoms with van der Waals surface area (Å²) in [6, 6.07) is 3.62. The highest BCUT2D eigenvalue weighted by molar-refractivity contribution is 7.47. The molecule has 1 aromatic carbocycles. The molecule has 0 aromatic heterocycles. The van der Waals surface area contributed by atoms with Gasteiger partial charge in [-0.25, -0.2) is 4.57 Å². The lowest BCUT2D eigenvalue weighted by Crippen LogP contribution is -2.05. The van der Waals surface area contributed by atoms with Crippen molar-refractivity contribution in [3.05, 3.63) is 29.8 Å². The number of rotatable bonds is 3. The molecule has 0 spiro atoms. The van der Waals surface area contributed by atoms with Gasteiger partial charge in [-0.1, -0.05) is 6.07 Å². The standard InChI is InChI=1S/C8H8F3O4P/c1-14-16(12,13)15-7-4-2-3-6(5-7)8(9,10)11/h2-5H,1H3,(H,12,13). The summed E-state index contributed by atoms with van der Waals surface area (Å²) in [5, 5.41) is 0. The first kappa shape index (κ1) is 13.0. The van der Waals surface area contributed by atoms with Crippen LogP contribution in [0.25, 0.3) is 0 Å². The molecule has 0 fully saturated rings. The Hall–Kier alpha value is -1.04. The summed E-state index contributed by atoms with van der Waals surface area (Å²) in [6.45, 7) is 0. The fourth-order valence-corrected chi connectivity index (χ4v) is 1.35. The van der Waals surface area contributed by atoms with Gasteiger partial charge in [-0.05, 0) is 18.2 Å². The fourth-order valence-electron chi connectivity index (χ4n) is 0.900. The van der Waals surface area contributed by atoms with Crippen molar-refractivity contribution in [2.75, 3.05) is 7.11 Å². The van der Waals surface area contributed by atoms with Crippen LogP contribution < -0.4 is 4.52 Å². The highest BCUT2D eigenvalue weighted by Crippen LogP contribution is 2.43. The number of benzene rings is 1. The molecule has 1 aromatic rings. The lowest BCUT2D eigenvalue weighted by Gasteiger charge is -2.12. The van der Waals surface area contributed by atoms with Gasteiger partial charge < -0.3 is 4.52 Å². The maximum absolute atomic E-state index is 12.3. The Balaban J connectivity index is 2.96. The third-order valence-electron chi connectivity index (χ3n) is 1.61. The summed E-state index contributed by atoms with van der Waals surface area (Å²) in [6.07, 6.45) is -4.54. The largest absolute Gasteiger partial charge is 0.527 e. The van der Waals surface area contributed by atoms with E-state index < -0.39 is 19.6 Å².